The maximum Gasteiger partial charge on any atom is 0.337 e. The normalized spacial score (nSPS) is 20.6. The van der Waals surface area contributed by atoms with Gasteiger partial charge in [0.15, 0.2) is 5.96 Å². The number of carbonyl (C=O) groups is 1. The van der Waals surface area contributed by atoms with E-state index in [2.05, 4.69) is 10.3 Å². The molecule has 0 aromatic rings. The zero-order chi connectivity index (χ0) is 12.3. The summed E-state index contributed by atoms with van der Waals surface area (Å²) in [6.07, 6.45) is 0. The van der Waals surface area contributed by atoms with E-state index in [1.807, 2.05) is 20.8 Å². The van der Waals surface area contributed by atoms with Crippen LogP contribution in [0.5, 0.6) is 0 Å². The van der Waals surface area contributed by atoms with E-state index in [-0.39, 0.29) is 17.9 Å². The summed E-state index contributed by atoms with van der Waals surface area (Å²) in [5.41, 5.74) is 6.94. The van der Waals surface area contributed by atoms with Crippen molar-refractivity contribution in [1.29, 1.82) is 0 Å². The molecule has 0 bridgehead atoms. The number of ether oxygens (including phenoxy) is 1. The highest BCUT2D eigenvalue weighted by molar-refractivity contribution is 5.94. The second kappa shape index (κ2) is 5.01. The van der Waals surface area contributed by atoms with E-state index in [0.29, 0.717) is 18.1 Å². The van der Waals surface area contributed by atoms with Crippen LogP contribution in [0, 0.1) is 5.92 Å². The minimum absolute atomic E-state index is 0.204. The Morgan fingerprint density at radius 3 is 2.75 bits per heavy atom. The van der Waals surface area contributed by atoms with Gasteiger partial charge in [-0.1, -0.05) is 13.8 Å². The number of carbonyl (C=O) groups excluding carboxylic acids is 1. The second-order valence-electron chi connectivity index (χ2n) is 4.09. The number of hydrogen-bond acceptors (Lipinski definition) is 5. The van der Waals surface area contributed by atoms with E-state index in [9.17, 15) is 4.79 Å². The predicted octanol–water partition coefficient (Wildman–Crippen LogP) is 0.766. The number of rotatable bonds is 3. The molecule has 0 aliphatic carbocycles. The molecule has 0 saturated carbocycles. The van der Waals surface area contributed by atoms with Gasteiger partial charge >= 0.3 is 5.97 Å². The van der Waals surface area contributed by atoms with Gasteiger partial charge in [-0.2, -0.15) is 0 Å². The first-order valence-corrected chi connectivity index (χ1v) is 5.45. The molecule has 0 aromatic heterocycles. The molecule has 1 atom stereocenters. The molecule has 5 nitrogen and oxygen atoms in total. The van der Waals surface area contributed by atoms with Crippen molar-refractivity contribution in [2.75, 3.05) is 6.61 Å². The van der Waals surface area contributed by atoms with Crippen LogP contribution in [0.4, 0.5) is 0 Å². The number of allylic oxidation sites excluding steroid dienone is 1. The van der Waals surface area contributed by atoms with Crippen LogP contribution in [0.2, 0.25) is 0 Å². The van der Waals surface area contributed by atoms with E-state index in [1.54, 1.807) is 6.92 Å². The van der Waals surface area contributed by atoms with Crippen LogP contribution in [-0.2, 0) is 9.53 Å². The molecule has 0 amide bonds. The van der Waals surface area contributed by atoms with Crippen molar-refractivity contribution in [3.63, 3.8) is 0 Å². The fourth-order valence-corrected chi connectivity index (χ4v) is 1.69. The first-order chi connectivity index (χ1) is 7.47. The third-order valence-electron chi connectivity index (χ3n) is 2.42. The summed E-state index contributed by atoms with van der Waals surface area (Å²) < 4.78 is 5.02. The zero-order valence-corrected chi connectivity index (χ0v) is 10.2. The Labute approximate surface area is 95.8 Å². The van der Waals surface area contributed by atoms with Gasteiger partial charge < -0.3 is 15.8 Å². The average Bonchev–Trinajstić information content (AvgIpc) is 2.16. The van der Waals surface area contributed by atoms with Crippen LogP contribution in [0.15, 0.2) is 16.3 Å². The molecular weight excluding hydrogens is 206 g/mol. The molecular formula is C11H19N3O2. The lowest BCUT2D eigenvalue weighted by Crippen LogP contribution is -2.41. The van der Waals surface area contributed by atoms with Crippen molar-refractivity contribution < 1.29 is 9.53 Å². The topological polar surface area (TPSA) is 76.7 Å². The third kappa shape index (κ3) is 2.53. The lowest BCUT2D eigenvalue weighted by Gasteiger charge is -2.26. The molecule has 1 unspecified atom stereocenters. The van der Waals surface area contributed by atoms with Crippen LogP contribution in [0.25, 0.3) is 0 Å². The van der Waals surface area contributed by atoms with Gasteiger partial charge in [-0.05, 0) is 19.8 Å². The molecule has 0 aromatic carbocycles. The molecule has 0 radical (unpaired) electrons. The fourth-order valence-electron chi connectivity index (χ4n) is 1.69. The lowest BCUT2D eigenvalue weighted by atomic mass is 9.94. The summed E-state index contributed by atoms with van der Waals surface area (Å²) in [7, 11) is 0. The summed E-state index contributed by atoms with van der Waals surface area (Å²) in [5, 5.41) is 2.86. The second-order valence-corrected chi connectivity index (χ2v) is 4.09. The molecule has 1 aliphatic rings. The first-order valence-electron chi connectivity index (χ1n) is 5.45. The Balaban J connectivity index is 3.02. The standard InChI is InChI=1S/C11H19N3O2/c1-5-16-10(15)8-7(4)13-11(12)14-9(8)6(2)3/h6,9H,5H2,1-4H3,(H3,12,13,14). The van der Waals surface area contributed by atoms with Gasteiger partial charge in [-0.3, -0.25) is 0 Å². The van der Waals surface area contributed by atoms with Crippen molar-refractivity contribution in [2.45, 2.75) is 33.7 Å². The summed E-state index contributed by atoms with van der Waals surface area (Å²) in [4.78, 5) is 16.0. The molecule has 0 spiro atoms. The molecule has 5 heteroatoms. The SMILES string of the molecule is CCOC(=O)C1=C(C)NC(N)=NC1C(C)C. The number of aliphatic imine (C=N–C) groups is 1. The fraction of sp³-hybridized carbons (Fsp3) is 0.636. The maximum atomic E-state index is 11.8. The van der Waals surface area contributed by atoms with Crippen molar-refractivity contribution >= 4 is 11.9 Å². The van der Waals surface area contributed by atoms with Crippen LogP contribution in [0.3, 0.4) is 0 Å². The number of nitrogens with two attached hydrogens (primary N) is 1. The van der Waals surface area contributed by atoms with Crippen LogP contribution >= 0.6 is 0 Å². The van der Waals surface area contributed by atoms with Gasteiger partial charge in [-0.25, -0.2) is 9.79 Å². The molecule has 0 fully saturated rings. The van der Waals surface area contributed by atoms with E-state index in [0.717, 1.165) is 5.70 Å². The number of nitrogens with zero attached hydrogens (tertiary/aromatic N) is 1. The van der Waals surface area contributed by atoms with Crippen molar-refractivity contribution in [3.05, 3.63) is 11.3 Å². The first kappa shape index (κ1) is 12.5. The average molecular weight is 225 g/mol. The Bertz CT molecular complexity index is 345. The van der Waals surface area contributed by atoms with Gasteiger partial charge in [0.2, 0.25) is 0 Å². The van der Waals surface area contributed by atoms with E-state index in [1.165, 1.54) is 0 Å². The summed E-state index contributed by atoms with van der Waals surface area (Å²) >= 11 is 0. The smallest absolute Gasteiger partial charge is 0.337 e. The van der Waals surface area contributed by atoms with Gasteiger partial charge in [0.05, 0.1) is 18.2 Å². The summed E-state index contributed by atoms with van der Waals surface area (Å²) in [6, 6.07) is -0.222. The van der Waals surface area contributed by atoms with Gasteiger partial charge in [0, 0.05) is 5.70 Å². The lowest BCUT2D eigenvalue weighted by molar-refractivity contribution is -0.139. The molecule has 16 heavy (non-hydrogen) atoms. The van der Waals surface area contributed by atoms with Gasteiger partial charge in [0.25, 0.3) is 0 Å². The quantitative estimate of drug-likeness (QED) is 0.695. The highest BCUT2D eigenvalue weighted by Gasteiger charge is 2.30. The van der Waals surface area contributed by atoms with Gasteiger partial charge in [-0.15, -0.1) is 0 Å². The Hall–Kier alpha value is -1.52. The highest BCUT2D eigenvalue weighted by Crippen LogP contribution is 2.22. The number of nitrogens with one attached hydrogen (secondary N) is 1. The largest absolute Gasteiger partial charge is 0.463 e. The number of hydrogen-bond donors (Lipinski definition) is 2. The zero-order valence-electron chi connectivity index (χ0n) is 10.2. The van der Waals surface area contributed by atoms with E-state index >= 15 is 0 Å². The van der Waals surface area contributed by atoms with E-state index < -0.39 is 0 Å². The summed E-state index contributed by atoms with van der Waals surface area (Å²) in [5.74, 6) is 0.238. The maximum absolute atomic E-state index is 11.8. The Kier molecular flexibility index (Phi) is 3.93. The Morgan fingerprint density at radius 2 is 2.25 bits per heavy atom. The minimum Gasteiger partial charge on any atom is -0.463 e. The van der Waals surface area contributed by atoms with Crippen molar-refractivity contribution in [1.82, 2.24) is 5.32 Å². The van der Waals surface area contributed by atoms with Crippen LogP contribution in [0.1, 0.15) is 27.7 Å². The summed E-state index contributed by atoms with van der Waals surface area (Å²) in [6.45, 7) is 7.95. The van der Waals surface area contributed by atoms with Gasteiger partial charge in [0.1, 0.15) is 0 Å². The number of esters is 1. The van der Waals surface area contributed by atoms with Crippen molar-refractivity contribution in [2.24, 2.45) is 16.6 Å². The van der Waals surface area contributed by atoms with Crippen LogP contribution in [-0.4, -0.2) is 24.6 Å². The molecule has 90 valence electrons. The number of guanidine groups is 1. The van der Waals surface area contributed by atoms with Crippen LogP contribution < -0.4 is 11.1 Å². The highest BCUT2D eigenvalue weighted by atomic mass is 16.5. The van der Waals surface area contributed by atoms with E-state index in [4.69, 9.17) is 10.5 Å². The minimum atomic E-state index is -0.317. The third-order valence-corrected chi connectivity index (χ3v) is 2.42. The predicted molar refractivity (Wildman–Crippen MR) is 62.7 cm³/mol. The molecule has 1 aliphatic heterocycles. The molecule has 3 N–H and O–H groups in total. The van der Waals surface area contributed by atoms with Crippen molar-refractivity contribution in [3.8, 4) is 0 Å². The molecule has 1 heterocycles. The molecule has 1 rings (SSSR count). The molecule has 0 saturated heterocycles. The Morgan fingerprint density at radius 1 is 1.62 bits per heavy atom. The monoisotopic (exact) mass is 225 g/mol.